The molecule has 8 nitrogen and oxygen atoms in total. The quantitative estimate of drug-likeness (QED) is 0.287. The van der Waals surface area contributed by atoms with E-state index in [0.717, 1.165) is 44.0 Å². The summed E-state index contributed by atoms with van der Waals surface area (Å²) in [6.45, 7) is 4.31. The molecule has 2 aromatic carbocycles. The lowest BCUT2D eigenvalue weighted by Crippen LogP contribution is -2.50. The molecule has 33 heavy (non-hydrogen) atoms. The Morgan fingerprint density at radius 3 is 2.45 bits per heavy atom. The Balaban J connectivity index is 1.51. The summed E-state index contributed by atoms with van der Waals surface area (Å²) in [6.07, 6.45) is 3.61. The largest absolute Gasteiger partial charge is 0.379 e. The van der Waals surface area contributed by atoms with Gasteiger partial charge in [0.15, 0.2) is 0 Å². The van der Waals surface area contributed by atoms with Gasteiger partial charge in [0.2, 0.25) is 0 Å². The van der Waals surface area contributed by atoms with Crippen LogP contribution in [0.4, 0.5) is 0 Å². The minimum Gasteiger partial charge on any atom is -0.379 e. The molecule has 0 aliphatic carbocycles. The number of morpholine rings is 1. The fraction of sp³-hybridized carbons (Fsp3) is 0.280. The average Bonchev–Trinajstić information content (AvgIpc) is 2.86. The third-order valence-electron chi connectivity index (χ3n) is 5.18. The zero-order chi connectivity index (χ0) is 23.5. The molecule has 0 spiro atoms. The molecule has 3 rings (SSSR count). The molecular weight excluding hydrogens is 420 g/mol. The lowest BCUT2D eigenvalue weighted by atomic mass is 10.1. The van der Waals surface area contributed by atoms with Crippen molar-refractivity contribution in [3.8, 4) is 11.8 Å². The first-order valence-corrected chi connectivity index (χ1v) is 10.7. The fourth-order valence-corrected chi connectivity index (χ4v) is 3.27. The Bertz CT molecular complexity index is 1020. The Labute approximate surface area is 193 Å². The number of rotatable bonds is 7. The van der Waals surface area contributed by atoms with E-state index < -0.39 is 17.9 Å². The van der Waals surface area contributed by atoms with Crippen LogP contribution in [-0.4, -0.2) is 60.8 Å². The van der Waals surface area contributed by atoms with E-state index in [2.05, 4.69) is 34.2 Å². The molecular formula is C25H28N4O4. The van der Waals surface area contributed by atoms with Gasteiger partial charge in [-0.2, -0.15) is 0 Å². The number of ether oxygens (including phenoxy) is 1. The summed E-state index contributed by atoms with van der Waals surface area (Å²) in [7, 11) is 0. The van der Waals surface area contributed by atoms with Crippen LogP contribution in [0, 0.1) is 11.8 Å². The molecule has 8 heteroatoms. The first-order valence-electron chi connectivity index (χ1n) is 10.7. The molecule has 1 atom stereocenters. The molecule has 1 heterocycles. The van der Waals surface area contributed by atoms with Gasteiger partial charge in [0.05, 0.1) is 13.2 Å². The smallest absolute Gasteiger partial charge is 0.267 e. The van der Waals surface area contributed by atoms with Crippen molar-refractivity contribution in [1.82, 2.24) is 15.7 Å². The van der Waals surface area contributed by atoms with Crippen molar-refractivity contribution in [2.24, 2.45) is 5.73 Å². The van der Waals surface area contributed by atoms with Gasteiger partial charge in [-0.1, -0.05) is 36.1 Å². The Morgan fingerprint density at radius 2 is 1.82 bits per heavy atom. The predicted molar refractivity (Wildman–Crippen MR) is 125 cm³/mol. The molecule has 2 aromatic rings. The predicted octanol–water partition coefficient (Wildman–Crippen LogP) is 1.15. The maximum Gasteiger partial charge on any atom is 0.267 e. The fourth-order valence-electron chi connectivity index (χ4n) is 3.27. The van der Waals surface area contributed by atoms with Crippen LogP contribution in [0.5, 0.6) is 0 Å². The standard InChI is InChI=1S/C25H28N4O4/c26-17-23(25(31)28-32)27-24(30)22-11-9-20(10-12-22)4-2-1-3-19-5-7-21(8-6-19)18-29-13-15-33-16-14-29/h2,4-12,23,32H,13-18,26H2,(H,27,30)(H,28,31)/t23-/m0/s1. The summed E-state index contributed by atoms with van der Waals surface area (Å²) in [5.74, 6) is 4.91. The number of hydroxylamine groups is 1. The van der Waals surface area contributed by atoms with Crippen LogP contribution in [0.2, 0.25) is 0 Å². The molecule has 0 saturated carbocycles. The molecule has 5 N–H and O–H groups in total. The number of benzene rings is 2. The van der Waals surface area contributed by atoms with Crippen LogP contribution in [0.25, 0.3) is 6.08 Å². The highest BCUT2D eigenvalue weighted by Gasteiger charge is 2.19. The minimum atomic E-state index is -1.01. The van der Waals surface area contributed by atoms with Gasteiger partial charge in [-0.3, -0.25) is 19.7 Å². The lowest BCUT2D eigenvalue weighted by molar-refractivity contribution is -0.130. The number of carbonyl (C=O) groups excluding carboxylic acids is 2. The summed E-state index contributed by atoms with van der Waals surface area (Å²) in [5, 5.41) is 11.1. The lowest BCUT2D eigenvalue weighted by Gasteiger charge is -2.26. The number of nitrogens with zero attached hydrogens (tertiary/aromatic N) is 1. The van der Waals surface area contributed by atoms with E-state index in [4.69, 9.17) is 15.7 Å². The van der Waals surface area contributed by atoms with Crippen molar-refractivity contribution in [2.45, 2.75) is 12.6 Å². The number of hydrogen-bond acceptors (Lipinski definition) is 6. The van der Waals surface area contributed by atoms with Crippen LogP contribution >= 0.6 is 0 Å². The average molecular weight is 449 g/mol. The third kappa shape index (κ3) is 7.56. The zero-order valence-corrected chi connectivity index (χ0v) is 18.3. The van der Waals surface area contributed by atoms with E-state index >= 15 is 0 Å². The van der Waals surface area contributed by atoms with E-state index in [9.17, 15) is 9.59 Å². The van der Waals surface area contributed by atoms with Gasteiger partial charge in [-0.15, -0.1) is 0 Å². The summed E-state index contributed by atoms with van der Waals surface area (Å²) >= 11 is 0. The highest BCUT2D eigenvalue weighted by molar-refractivity contribution is 5.97. The van der Waals surface area contributed by atoms with Crippen molar-refractivity contribution in [2.75, 3.05) is 32.8 Å². The van der Waals surface area contributed by atoms with Crippen LogP contribution < -0.4 is 16.5 Å². The van der Waals surface area contributed by atoms with Crippen LogP contribution in [0.3, 0.4) is 0 Å². The van der Waals surface area contributed by atoms with E-state index in [1.807, 2.05) is 18.2 Å². The van der Waals surface area contributed by atoms with Gasteiger partial charge in [-0.25, -0.2) is 5.48 Å². The van der Waals surface area contributed by atoms with Gasteiger partial charge in [0, 0.05) is 37.3 Å². The second-order valence-electron chi connectivity index (χ2n) is 7.55. The van der Waals surface area contributed by atoms with Crippen molar-refractivity contribution in [3.63, 3.8) is 0 Å². The summed E-state index contributed by atoms with van der Waals surface area (Å²) in [6, 6.07) is 14.1. The van der Waals surface area contributed by atoms with Gasteiger partial charge < -0.3 is 15.8 Å². The molecule has 172 valence electrons. The van der Waals surface area contributed by atoms with Crippen molar-refractivity contribution in [1.29, 1.82) is 0 Å². The second kappa shape index (κ2) is 12.5. The van der Waals surface area contributed by atoms with Gasteiger partial charge in [0.1, 0.15) is 6.04 Å². The minimum absolute atomic E-state index is 0.131. The Hall–Kier alpha value is -3.48. The van der Waals surface area contributed by atoms with Gasteiger partial charge >= 0.3 is 0 Å². The molecule has 1 fully saturated rings. The Kier molecular flexibility index (Phi) is 9.18. The van der Waals surface area contributed by atoms with E-state index in [0.29, 0.717) is 5.56 Å². The number of nitrogens with one attached hydrogen (secondary N) is 2. The normalized spacial score (nSPS) is 14.8. The molecule has 0 radical (unpaired) electrons. The van der Waals surface area contributed by atoms with Crippen molar-refractivity contribution >= 4 is 17.9 Å². The third-order valence-corrected chi connectivity index (χ3v) is 5.18. The first kappa shape index (κ1) is 24.2. The van der Waals surface area contributed by atoms with E-state index in [1.54, 1.807) is 30.3 Å². The molecule has 1 aliphatic heterocycles. The SMILES string of the molecule is NC[C@H](NC(=O)c1ccc(C=CC#Cc2ccc(CN3CCOCC3)cc2)cc1)C(=O)NO. The summed E-state index contributed by atoms with van der Waals surface area (Å²) in [4.78, 5) is 26.0. The topological polar surface area (TPSA) is 117 Å². The summed E-state index contributed by atoms with van der Waals surface area (Å²) in [5.41, 5.74) is 10.4. The maximum absolute atomic E-state index is 12.2. The molecule has 1 saturated heterocycles. The van der Waals surface area contributed by atoms with E-state index in [1.165, 1.54) is 11.0 Å². The number of hydrogen-bond donors (Lipinski definition) is 4. The number of carbonyl (C=O) groups is 2. The highest BCUT2D eigenvalue weighted by Crippen LogP contribution is 2.09. The first-order chi connectivity index (χ1) is 16.1. The number of nitrogens with two attached hydrogens (primary N) is 1. The number of allylic oxidation sites excluding steroid dienone is 1. The highest BCUT2D eigenvalue weighted by atomic mass is 16.5. The maximum atomic E-state index is 12.2. The number of amides is 2. The Morgan fingerprint density at radius 1 is 1.12 bits per heavy atom. The molecule has 0 unspecified atom stereocenters. The summed E-state index contributed by atoms with van der Waals surface area (Å²) < 4.78 is 5.38. The molecule has 2 amide bonds. The molecule has 1 aliphatic rings. The zero-order valence-electron chi connectivity index (χ0n) is 18.3. The molecule has 0 aromatic heterocycles. The van der Waals surface area contributed by atoms with Crippen LogP contribution in [0.15, 0.2) is 54.6 Å². The monoisotopic (exact) mass is 448 g/mol. The van der Waals surface area contributed by atoms with Crippen LogP contribution in [-0.2, 0) is 16.1 Å². The molecule has 0 bridgehead atoms. The van der Waals surface area contributed by atoms with E-state index in [-0.39, 0.29) is 6.54 Å². The second-order valence-corrected chi connectivity index (χ2v) is 7.55. The van der Waals surface area contributed by atoms with Gasteiger partial charge in [0.25, 0.3) is 11.8 Å². The van der Waals surface area contributed by atoms with Gasteiger partial charge in [-0.05, 0) is 47.5 Å². The van der Waals surface area contributed by atoms with Crippen LogP contribution in [0.1, 0.15) is 27.0 Å². The van der Waals surface area contributed by atoms with Crippen molar-refractivity contribution in [3.05, 3.63) is 76.9 Å². The van der Waals surface area contributed by atoms with Crippen molar-refractivity contribution < 1.29 is 19.5 Å².